The van der Waals surface area contributed by atoms with Gasteiger partial charge < -0.3 is 9.73 Å². The van der Waals surface area contributed by atoms with E-state index >= 15 is 0 Å². The molecule has 0 fully saturated rings. The van der Waals surface area contributed by atoms with Crippen molar-refractivity contribution in [2.45, 2.75) is 26.2 Å². The molecule has 0 aliphatic carbocycles. The van der Waals surface area contributed by atoms with Gasteiger partial charge in [0.15, 0.2) is 10.7 Å². The zero-order chi connectivity index (χ0) is 21.8. The molecule has 0 saturated heterocycles. The Morgan fingerprint density at radius 3 is 2.52 bits per heavy atom. The minimum atomic E-state index is -0.252. The first-order valence-corrected chi connectivity index (χ1v) is 10.6. The molecule has 0 radical (unpaired) electrons. The van der Waals surface area contributed by atoms with E-state index in [-0.39, 0.29) is 11.0 Å². The zero-order valence-corrected chi connectivity index (χ0v) is 18.2. The zero-order valence-electron chi connectivity index (χ0n) is 17.4. The quantitative estimate of drug-likeness (QED) is 0.373. The summed E-state index contributed by atoms with van der Waals surface area (Å²) in [6.07, 6.45) is 1.08. The molecule has 0 spiro atoms. The maximum atomic E-state index is 12.2. The summed E-state index contributed by atoms with van der Waals surface area (Å²) in [7, 11) is 0. The molecule has 0 aliphatic heterocycles. The predicted molar refractivity (Wildman–Crippen MR) is 128 cm³/mol. The number of carbonyl (C=O) groups excluding carboxylic acids is 1. The van der Waals surface area contributed by atoms with Crippen molar-refractivity contribution in [3.63, 3.8) is 0 Å². The molecular weight excluding hydrogens is 406 g/mol. The molecule has 0 saturated carbocycles. The SMILES string of the molecule is CCC(C)c1ccc2oc(-c3ccc(NC(=S)NC(=O)c4ccccc4)cc3)nc2c1. The molecule has 6 heteroatoms. The largest absolute Gasteiger partial charge is 0.436 e. The molecule has 1 unspecified atom stereocenters. The average molecular weight is 430 g/mol. The number of benzene rings is 3. The van der Waals surface area contributed by atoms with Gasteiger partial charge in [0.2, 0.25) is 5.89 Å². The number of oxazole rings is 1. The summed E-state index contributed by atoms with van der Waals surface area (Å²) in [5, 5.41) is 5.94. The van der Waals surface area contributed by atoms with Gasteiger partial charge in [-0.15, -0.1) is 0 Å². The third kappa shape index (κ3) is 4.81. The fourth-order valence-electron chi connectivity index (χ4n) is 3.23. The van der Waals surface area contributed by atoms with Crippen LogP contribution >= 0.6 is 12.2 Å². The molecule has 5 nitrogen and oxygen atoms in total. The van der Waals surface area contributed by atoms with Crippen LogP contribution in [-0.4, -0.2) is 16.0 Å². The number of anilines is 1. The Hall–Kier alpha value is -3.51. The Morgan fingerprint density at radius 2 is 1.81 bits per heavy atom. The highest BCUT2D eigenvalue weighted by Crippen LogP contribution is 2.28. The molecule has 156 valence electrons. The smallest absolute Gasteiger partial charge is 0.257 e. The molecule has 1 heterocycles. The first kappa shape index (κ1) is 20.8. The molecule has 0 aliphatic rings. The van der Waals surface area contributed by atoms with Crippen molar-refractivity contribution in [1.82, 2.24) is 10.3 Å². The standard InChI is InChI=1S/C25H23N3O2S/c1-3-16(2)19-11-14-22-21(15-19)27-24(30-22)18-9-12-20(13-10-18)26-25(31)28-23(29)17-7-5-4-6-8-17/h4-16H,3H2,1-2H3,(H2,26,28,29,31). The molecule has 0 bridgehead atoms. The normalized spacial score (nSPS) is 11.8. The van der Waals surface area contributed by atoms with Gasteiger partial charge in [0.05, 0.1) is 0 Å². The molecule has 2 N–H and O–H groups in total. The lowest BCUT2D eigenvalue weighted by molar-refractivity contribution is 0.0977. The van der Waals surface area contributed by atoms with Crippen LogP contribution in [0.15, 0.2) is 77.2 Å². The van der Waals surface area contributed by atoms with Gasteiger partial charge in [-0.3, -0.25) is 10.1 Å². The van der Waals surface area contributed by atoms with Crippen molar-refractivity contribution < 1.29 is 9.21 Å². The Balaban J connectivity index is 1.44. The summed E-state index contributed by atoms with van der Waals surface area (Å²) in [5.74, 6) is 0.807. The maximum absolute atomic E-state index is 12.2. The first-order valence-electron chi connectivity index (χ1n) is 10.2. The van der Waals surface area contributed by atoms with Gasteiger partial charge in [-0.2, -0.15) is 0 Å². The van der Waals surface area contributed by atoms with Crippen LogP contribution in [0.2, 0.25) is 0 Å². The van der Waals surface area contributed by atoms with E-state index < -0.39 is 0 Å². The summed E-state index contributed by atoms with van der Waals surface area (Å²) >= 11 is 5.25. The van der Waals surface area contributed by atoms with Crippen molar-refractivity contribution >= 4 is 40.0 Å². The second-order valence-corrected chi connectivity index (χ2v) is 7.82. The van der Waals surface area contributed by atoms with E-state index in [1.807, 2.05) is 36.4 Å². The Kier molecular flexibility index (Phi) is 6.09. The Labute approximate surface area is 186 Å². The summed E-state index contributed by atoms with van der Waals surface area (Å²) in [6, 6.07) is 22.7. The van der Waals surface area contributed by atoms with Crippen LogP contribution in [-0.2, 0) is 0 Å². The van der Waals surface area contributed by atoms with E-state index in [0.29, 0.717) is 17.4 Å². The predicted octanol–water partition coefficient (Wildman–Crippen LogP) is 6.14. The van der Waals surface area contributed by atoms with Gasteiger partial charge in [-0.25, -0.2) is 4.98 Å². The topological polar surface area (TPSA) is 67.2 Å². The molecule has 3 aromatic carbocycles. The van der Waals surface area contributed by atoms with Crippen LogP contribution in [0.5, 0.6) is 0 Å². The number of nitrogens with zero attached hydrogens (tertiary/aromatic N) is 1. The summed E-state index contributed by atoms with van der Waals surface area (Å²) < 4.78 is 5.93. The fourth-order valence-corrected chi connectivity index (χ4v) is 3.44. The molecule has 1 amide bonds. The van der Waals surface area contributed by atoms with Crippen LogP contribution in [0.25, 0.3) is 22.6 Å². The van der Waals surface area contributed by atoms with E-state index in [1.54, 1.807) is 24.3 Å². The lowest BCUT2D eigenvalue weighted by atomic mass is 9.98. The number of thiocarbonyl (C=S) groups is 1. The average Bonchev–Trinajstić information content (AvgIpc) is 3.23. The molecular formula is C25H23N3O2S. The number of nitrogens with one attached hydrogen (secondary N) is 2. The molecule has 4 rings (SSSR count). The summed E-state index contributed by atoms with van der Waals surface area (Å²) in [4.78, 5) is 16.8. The Morgan fingerprint density at radius 1 is 1.06 bits per heavy atom. The van der Waals surface area contributed by atoms with Gasteiger partial charge >= 0.3 is 0 Å². The van der Waals surface area contributed by atoms with Crippen LogP contribution in [0.1, 0.15) is 42.1 Å². The third-order valence-electron chi connectivity index (χ3n) is 5.25. The minimum Gasteiger partial charge on any atom is -0.436 e. The molecule has 4 aromatic rings. The van der Waals surface area contributed by atoms with Crippen molar-refractivity contribution in [2.24, 2.45) is 0 Å². The summed E-state index contributed by atoms with van der Waals surface area (Å²) in [5.41, 5.74) is 5.08. The van der Waals surface area contributed by atoms with Crippen LogP contribution in [0.3, 0.4) is 0 Å². The van der Waals surface area contributed by atoms with E-state index in [2.05, 4.69) is 41.6 Å². The molecule has 1 atom stereocenters. The number of amides is 1. The van der Waals surface area contributed by atoms with Crippen LogP contribution in [0.4, 0.5) is 5.69 Å². The number of hydrogen-bond acceptors (Lipinski definition) is 4. The van der Waals surface area contributed by atoms with Gasteiger partial charge in [0.25, 0.3) is 5.91 Å². The highest BCUT2D eigenvalue weighted by Gasteiger charge is 2.12. The van der Waals surface area contributed by atoms with Crippen molar-refractivity contribution in [3.8, 4) is 11.5 Å². The number of rotatable bonds is 5. The van der Waals surface area contributed by atoms with E-state index in [1.165, 1.54) is 5.56 Å². The highest BCUT2D eigenvalue weighted by molar-refractivity contribution is 7.80. The maximum Gasteiger partial charge on any atom is 0.257 e. The number of fused-ring (bicyclic) bond motifs is 1. The van der Waals surface area contributed by atoms with Gasteiger partial charge in [0.1, 0.15) is 5.52 Å². The summed E-state index contributed by atoms with van der Waals surface area (Å²) in [6.45, 7) is 4.39. The van der Waals surface area contributed by atoms with Crippen LogP contribution < -0.4 is 10.6 Å². The fraction of sp³-hybridized carbons (Fsp3) is 0.160. The Bertz CT molecular complexity index is 1220. The van der Waals surface area contributed by atoms with E-state index in [9.17, 15) is 4.79 Å². The third-order valence-corrected chi connectivity index (χ3v) is 5.45. The number of carbonyl (C=O) groups is 1. The minimum absolute atomic E-state index is 0.237. The van der Waals surface area contributed by atoms with Crippen molar-refractivity contribution in [1.29, 1.82) is 0 Å². The van der Waals surface area contributed by atoms with E-state index in [4.69, 9.17) is 16.6 Å². The van der Waals surface area contributed by atoms with Crippen molar-refractivity contribution in [2.75, 3.05) is 5.32 Å². The van der Waals surface area contributed by atoms with Crippen molar-refractivity contribution in [3.05, 3.63) is 83.9 Å². The molecule has 31 heavy (non-hydrogen) atoms. The second kappa shape index (κ2) is 9.10. The highest BCUT2D eigenvalue weighted by atomic mass is 32.1. The van der Waals surface area contributed by atoms with E-state index in [0.717, 1.165) is 28.8 Å². The second-order valence-electron chi connectivity index (χ2n) is 7.41. The lowest BCUT2D eigenvalue weighted by Gasteiger charge is -2.09. The first-order chi connectivity index (χ1) is 15.0. The molecule has 1 aromatic heterocycles. The van der Waals surface area contributed by atoms with Crippen LogP contribution in [0, 0.1) is 0 Å². The van der Waals surface area contributed by atoms with Gasteiger partial charge in [0, 0.05) is 16.8 Å². The number of aromatic nitrogens is 1. The number of hydrogen-bond donors (Lipinski definition) is 2. The lowest BCUT2D eigenvalue weighted by Crippen LogP contribution is -2.34. The van der Waals surface area contributed by atoms with Gasteiger partial charge in [-0.05, 0) is 78.7 Å². The van der Waals surface area contributed by atoms with Gasteiger partial charge in [-0.1, -0.05) is 38.1 Å². The monoisotopic (exact) mass is 429 g/mol.